The summed E-state index contributed by atoms with van der Waals surface area (Å²) in [6, 6.07) is 20.6. The maximum atomic E-state index is 6.00. The Labute approximate surface area is 138 Å². The van der Waals surface area contributed by atoms with E-state index in [4.69, 9.17) is 16.2 Å². The van der Waals surface area contributed by atoms with Crippen molar-refractivity contribution >= 4 is 22.4 Å². The number of benzene rings is 3. The van der Waals surface area contributed by atoms with E-state index in [1.54, 1.807) is 18.2 Å². The molecule has 0 unspecified atom stereocenters. The fraction of sp³-hybridized carbons (Fsp3) is 0. The third-order valence-electron chi connectivity index (χ3n) is 3.76. The van der Waals surface area contributed by atoms with Crippen LogP contribution in [-0.4, -0.2) is 9.97 Å². The van der Waals surface area contributed by atoms with Crippen molar-refractivity contribution in [1.29, 1.82) is 0 Å². The van der Waals surface area contributed by atoms with Crippen LogP contribution in [-0.2, 0) is 0 Å². The number of H-pyrrole nitrogens is 1. The number of hydrogen-bond acceptors (Lipinski definition) is 4. The largest absolute Gasteiger partial charge is 0.457 e. The van der Waals surface area contributed by atoms with Gasteiger partial charge in [-0.25, -0.2) is 4.98 Å². The molecule has 1 heterocycles. The maximum Gasteiger partial charge on any atom is 0.142 e. The number of para-hydroxylation sites is 2. The van der Waals surface area contributed by atoms with Crippen molar-refractivity contribution in [2.45, 2.75) is 0 Å². The van der Waals surface area contributed by atoms with Gasteiger partial charge in [0.25, 0.3) is 0 Å². The molecule has 0 amide bonds. The van der Waals surface area contributed by atoms with Gasteiger partial charge in [0.15, 0.2) is 0 Å². The summed E-state index contributed by atoms with van der Waals surface area (Å²) in [6.45, 7) is 0. The summed E-state index contributed by atoms with van der Waals surface area (Å²) in [7, 11) is 0. The Hall–Kier alpha value is -3.47. The van der Waals surface area contributed by atoms with Gasteiger partial charge in [-0.3, -0.25) is 0 Å². The van der Waals surface area contributed by atoms with Crippen molar-refractivity contribution in [1.82, 2.24) is 9.97 Å². The number of nitrogens with two attached hydrogens (primary N) is 2. The smallest absolute Gasteiger partial charge is 0.142 e. The van der Waals surface area contributed by atoms with E-state index in [2.05, 4.69) is 9.97 Å². The van der Waals surface area contributed by atoms with E-state index in [0.29, 0.717) is 28.7 Å². The van der Waals surface area contributed by atoms with Crippen LogP contribution < -0.4 is 16.2 Å². The molecule has 24 heavy (non-hydrogen) atoms. The van der Waals surface area contributed by atoms with E-state index in [-0.39, 0.29) is 0 Å². The number of nitrogens with one attached hydrogen (secondary N) is 1. The van der Waals surface area contributed by atoms with Crippen LogP contribution in [0.5, 0.6) is 11.5 Å². The zero-order valence-electron chi connectivity index (χ0n) is 12.9. The van der Waals surface area contributed by atoms with Gasteiger partial charge in [0.05, 0.1) is 16.6 Å². The van der Waals surface area contributed by atoms with Gasteiger partial charge in [-0.1, -0.05) is 12.1 Å². The van der Waals surface area contributed by atoms with E-state index in [1.165, 1.54) is 0 Å². The number of imidazole rings is 1. The van der Waals surface area contributed by atoms with Crippen LogP contribution in [0.3, 0.4) is 0 Å². The number of aromatic amines is 1. The Balaban J connectivity index is 1.79. The molecule has 5 heteroatoms. The quantitative estimate of drug-likeness (QED) is 0.494. The third-order valence-corrected chi connectivity index (χ3v) is 3.76. The summed E-state index contributed by atoms with van der Waals surface area (Å²) >= 11 is 0. The first-order valence-corrected chi connectivity index (χ1v) is 7.57. The van der Waals surface area contributed by atoms with Crippen molar-refractivity contribution < 1.29 is 4.74 Å². The molecule has 5 nitrogen and oxygen atoms in total. The fourth-order valence-electron chi connectivity index (χ4n) is 2.56. The van der Waals surface area contributed by atoms with Gasteiger partial charge in [-0.2, -0.15) is 0 Å². The summed E-state index contributed by atoms with van der Waals surface area (Å²) in [6.07, 6.45) is 0. The summed E-state index contributed by atoms with van der Waals surface area (Å²) in [4.78, 5) is 7.94. The topological polar surface area (TPSA) is 89.9 Å². The number of anilines is 2. The van der Waals surface area contributed by atoms with Gasteiger partial charge in [0, 0.05) is 11.4 Å². The van der Waals surface area contributed by atoms with Crippen LogP contribution >= 0.6 is 0 Å². The normalized spacial score (nSPS) is 10.8. The molecule has 3 aromatic carbocycles. The zero-order chi connectivity index (χ0) is 16.5. The van der Waals surface area contributed by atoms with Crippen LogP contribution in [0.2, 0.25) is 0 Å². The van der Waals surface area contributed by atoms with Crippen molar-refractivity contribution in [3.63, 3.8) is 0 Å². The number of nitrogens with zero attached hydrogens (tertiary/aromatic N) is 1. The third kappa shape index (κ3) is 2.63. The highest BCUT2D eigenvalue weighted by Crippen LogP contribution is 2.34. The highest BCUT2D eigenvalue weighted by Gasteiger charge is 2.12. The van der Waals surface area contributed by atoms with Crippen LogP contribution in [0.4, 0.5) is 11.4 Å². The minimum absolute atomic E-state index is 0.648. The highest BCUT2D eigenvalue weighted by molar-refractivity contribution is 5.81. The molecule has 0 aliphatic carbocycles. The Bertz CT molecular complexity index is 972. The van der Waals surface area contributed by atoms with Gasteiger partial charge in [-0.15, -0.1) is 0 Å². The first-order chi connectivity index (χ1) is 11.7. The predicted molar refractivity (Wildman–Crippen MR) is 96.9 cm³/mol. The lowest BCUT2D eigenvalue weighted by Gasteiger charge is -2.10. The molecule has 0 atom stereocenters. The van der Waals surface area contributed by atoms with Gasteiger partial charge >= 0.3 is 0 Å². The molecule has 0 spiro atoms. The van der Waals surface area contributed by atoms with Crippen LogP contribution in [0.1, 0.15) is 0 Å². The molecule has 0 radical (unpaired) electrons. The molecule has 0 bridgehead atoms. The molecular weight excluding hydrogens is 300 g/mol. The standard InChI is InChI=1S/C19H16N4O/c20-12-5-8-14(9-6-12)24-18-10-7-13(21)11-15(18)19-22-16-3-1-2-4-17(16)23-19/h1-11H,20-21H2,(H,22,23). The maximum absolute atomic E-state index is 6.00. The molecule has 5 N–H and O–H groups in total. The SMILES string of the molecule is Nc1ccc(Oc2ccc(N)cc2-c2nc3ccccc3[nH]2)cc1. The molecule has 0 saturated carbocycles. The molecule has 0 aliphatic heterocycles. The van der Waals surface area contributed by atoms with Crippen molar-refractivity contribution in [3.8, 4) is 22.9 Å². The molecule has 0 fully saturated rings. The minimum atomic E-state index is 0.648. The zero-order valence-corrected chi connectivity index (χ0v) is 12.9. The van der Waals surface area contributed by atoms with Crippen molar-refractivity contribution in [2.24, 2.45) is 0 Å². The number of fused-ring (bicyclic) bond motifs is 1. The Kier molecular flexibility index (Phi) is 3.31. The second kappa shape index (κ2) is 5.62. The lowest BCUT2D eigenvalue weighted by Crippen LogP contribution is -1.93. The van der Waals surface area contributed by atoms with Crippen molar-refractivity contribution in [3.05, 3.63) is 66.7 Å². The molecule has 1 aromatic heterocycles. The highest BCUT2D eigenvalue weighted by atomic mass is 16.5. The summed E-state index contributed by atoms with van der Waals surface area (Å²) < 4.78 is 6.00. The lowest BCUT2D eigenvalue weighted by atomic mass is 10.1. The Morgan fingerprint density at radius 3 is 2.38 bits per heavy atom. The number of aromatic nitrogens is 2. The van der Waals surface area contributed by atoms with E-state index in [0.717, 1.165) is 16.6 Å². The van der Waals surface area contributed by atoms with Crippen LogP contribution in [0.15, 0.2) is 66.7 Å². The number of hydrogen-bond donors (Lipinski definition) is 3. The van der Waals surface area contributed by atoms with Gasteiger partial charge < -0.3 is 21.2 Å². The average Bonchev–Trinajstić information content (AvgIpc) is 3.02. The Morgan fingerprint density at radius 2 is 1.58 bits per heavy atom. The predicted octanol–water partition coefficient (Wildman–Crippen LogP) is 4.19. The average molecular weight is 316 g/mol. The number of rotatable bonds is 3. The van der Waals surface area contributed by atoms with Gasteiger partial charge in [0.2, 0.25) is 0 Å². The summed E-state index contributed by atoms with van der Waals surface area (Å²) in [5.41, 5.74) is 15.7. The molecule has 118 valence electrons. The number of nitrogen functional groups attached to an aromatic ring is 2. The first-order valence-electron chi connectivity index (χ1n) is 7.57. The lowest BCUT2D eigenvalue weighted by molar-refractivity contribution is 0.484. The number of ether oxygens (including phenoxy) is 1. The van der Waals surface area contributed by atoms with E-state index in [1.807, 2.05) is 48.5 Å². The van der Waals surface area contributed by atoms with Crippen LogP contribution in [0, 0.1) is 0 Å². The van der Waals surface area contributed by atoms with Crippen molar-refractivity contribution in [2.75, 3.05) is 11.5 Å². The fourth-order valence-corrected chi connectivity index (χ4v) is 2.56. The molecular formula is C19H16N4O. The summed E-state index contributed by atoms with van der Waals surface area (Å²) in [5.74, 6) is 2.09. The van der Waals surface area contributed by atoms with E-state index in [9.17, 15) is 0 Å². The molecule has 0 aliphatic rings. The molecule has 4 rings (SSSR count). The second-order valence-corrected chi connectivity index (χ2v) is 5.53. The first kappa shape index (κ1) is 14.1. The van der Waals surface area contributed by atoms with E-state index >= 15 is 0 Å². The van der Waals surface area contributed by atoms with Gasteiger partial charge in [0.1, 0.15) is 17.3 Å². The molecule has 4 aromatic rings. The van der Waals surface area contributed by atoms with Gasteiger partial charge in [-0.05, 0) is 54.6 Å². The minimum Gasteiger partial charge on any atom is -0.457 e. The Morgan fingerprint density at radius 1 is 0.833 bits per heavy atom. The monoisotopic (exact) mass is 316 g/mol. The molecule has 0 saturated heterocycles. The van der Waals surface area contributed by atoms with Crippen LogP contribution in [0.25, 0.3) is 22.4 Å². The second-order valence-electron chi connectivity index (χ2n) is 5.53. The summed E-state index contributed by atoms with van der Waals surface area (Å²) in [5, 5.41) is 0. The van der Waals surface area contributed by atoms with E-state index < -0.39 is 0 Å².